The third-order valence-corrected chi connectivity index (χ3v) is 6.10. The van der Waals surface area contributed by atoms with Crippen molar-refractivity contribution in [3.05, 3.63) is 125 Å². The number of imidazole rings is 1. The van der Waals surface area contributed by atoms with Crippen LogP contribution in [0.3, 0.4) is 0 Å². The number of amides is 1. The average molecular weight is 468 g/mol. The van der Waals surface area contributed by atoms with Crippen molar-refractivity contribution in [3.63, 3.8) is 0 Å². The number of hydrogen-bond acceptors (Lipinski definition) is 3. The van der Waals surface area contributed by atoms with Crippen molar-refractivity contribution < 1.29 is 9.90 Å². The van der Waals surface area contributed by atoms with Crippen LogP contribution in [0.5, 0.6) is 0 Å². The summed E-state index contributed by atoms with van der Waals surface area (Å²) >= 11 is 0. The predicted octanol–water partition coefficient (Wildman–Crippen LogP) is 5.33. The number of aryl methyl sites for hydroxylation is 1. The van der Waals surface area contributed by atoms with Gasteiger partial charge in [0.2, 0.25) is 0 Å². The molecule has 0 spiro atoms. The molecule has 0 fully saturated rings. The van der Waals surface area contributed by atoms with Crippen molar-refractivity contribution in [1.29, 1.82) is 0 Å². The molecular weight excluding hydrogens is 434 g/mol. The Morgan fingerprint density at radius 1 is 0.886 bits per heavy atom. The Bertz CT molecular complexity index is 1240. The lowest BCUT2D eigenvalue weighted by atomic mass is 9.82. The van der Waals surface area contributed by atoms with Gasteiger partial charge in [-0.3, -0.25) is 4.79 Å². The third kappa shape index (κ3) is 6.06. The molecule has 1 heterocycles. The smallest absolute Gasteiger partial charge is 0.251 e. The Morgan fingerprint density at radius 3 is 2.11 bits per heavy atom. The standard InChI is InChI=1S/C30H33N3O2/c1-29(2,3)32-28(34)24-14-16-26(17-15-24)30(35,25-12-8-5-9-13-25)19-18-27-20-31-22-33(27)21-23-10-6-4-7-11-23/h4-17,20,22,35H,18-19,21H2,1-3H3,(H,32,34). The van der Waals surface area contributed by atoms with Crippen LogP contribution in [-0.2, 0) is 18.6 Å². The zero-order valence-electron chi connectivity index (χ0n) is 20.6. The number of aliphatic hydroxyl groups is 1. The molecule has 4 aromatic rings. The Labute approximate surface area is 207 Å². The van der Waals surface area contributed by atoms with E-state index in [1.54, 1.807) is 12.1 Å². The van der Waals surface area contributed by atoms with Crippen molar-refractivity contribution in [2.24, 2.45) is 0 Å². The molecule has 2 N–H and O–H groups in total. The first-order chi connectivity index (χ1) is 16.7. The summed E-state index contributed by atoms with van der Waals surface area (Å²) in [6.07, 6.45) is 4.83. The van der Waals surface area contributed by atoms with E-state index in [-0.39, 0.29) is 11.4 Å². The van der Waals surface area contributed by atoms with Crippen molar-refractivity contribution in [2.45, 2.75) is 51.3 Å². The number of hydrogen-bond donors (Lipinski definition) is 2. The van der Waals surface area contributed by atoms with Crippen LogP contribution < -0.4 is 5.32 Å². The quantitative estimate of drug-likeness (QED) is 0.368. The van der Waals surface area contributed by atoms with Gasteiger partial charge in [-0.05, 0) is 62.4 Å². The Balaban J connectivity index is 1.58. The van der Waals surface area contributed by atoms with Gasteiger partial charge in [0.1, 0.15) is 5.60 Å². The van der Waals surface area contributed by atoms with Gasteiger partial charge in [-0.1, -0.05) is 72.8 Å². The number of carbonyl (C=O) groups is 1. The summed E-state index contributed by atoms with van der Waals surface area (Å²) in [6.45, 7) is 6.60. The monoisotopic (exact) mass is 467 g/mol. The van der Waals surface area contributed by atoms with E-state index in [9.17, 15) is 9.90 Å². The van der Waals surface area contributed by atoms with Gasteiger partial charge in [-0.2, -0.15) is 0 Å². The molecule has 0 bridgehead atoms. The molecule has 0 saturated heterocycles. The highest BCUT2D eigenvalue weighted by Gasteiger charge is 2.32. The Kier molecular flexibility index (Phi) is 7.17. The minimum atomic E-state index is -1.21. The number of benzene rings is 3. The molecule has 1 unspecified atom stereocenters. The molecule has 0 aliphatic rings. The highest BCUT2D eigenvalue weighted by atomic mass is 16.3. The van der Waals surface area contributed by atoms with E-state index < -0.39 is 5.60 Å². The molecule has 1 aromatic heterocycles. The van der Waals surface area contributed by atoms with Gasteiger partial charge in [-0.15, -0.1) is 0 Å². The van der Waals surface area contributed by atoms with E-state index in [4.69, 9.17) is 0 Å². The molecule has 0 saturated carbocycles. The van der Waals surface area contributed by atoms with Crippen LogP contribution >= 0.6 is 0 Å². The second-order valence-electron chi connectivity index (χ2n) is 10.0. The average Bonchev–Trinajstić information content (AvgIpc) is 3.29. The van der Waals surface area contributed by atoms with Gasteiger partial charge in [0.05, 0.1) is 6.33 Å². The SMILES string of the molecule is CC(C)(C)NC(=O)c1ccc(C(O)(CCc2cncn2Cc2ccccc2)c2ccccc2)cc1. The lowest BCUT2D eigenvalue weighted by Crippen LogP contribution is -2.40. The molecular formula is C30H33N3O2. The van der Waals surface area contributed by atoms with E-state index in [0.29, 0.717) is 18.4 Å². The Morgan fingerprint density at radius 2 is 1.49 bits per heavy atom. The largest absolute Gasteiger partial charge is 0.380 e. The third-order valence-electron chi connectivity index (χ3n) is 6.10. The maximum atomic E-state index is 12.6. The van der Waals surface area contributed by atoms with Crippen molar-refractivity contribution >= 4 is 5.91 Å². The van der Waals surface area contributed by atoms with E-state index in [1.807, 2.05) is 94.0 Å². The normalized spacial score (nSPS) is 13.3. The number of rotatable bonds is 8. The lowest BCUT2D eigenvalue weighted by Gasteiger charge is -2.30. The van der Waals surface area contributed by atoms with Crippen molar-refractivity contribution in [3.8, 4) is 0 Å². The molecule has 4 rings (SSSR count). The van der Waals surface area contributed by atoms with Gasteiger partial charge in [0.15, 0.2) is 0 Å². The molecule has 180 valence electrons. The van der Waals surface area contributed by atoms with E-state index in [1.165, 1.54) is 5.56 Å². The number of carbonyl (C=O) groups excluding carboxylic acids is 1. The first-order valence-electron chi connectivity index (χ1n) is 12.0. The van der Waals surface area contributed by atoms with Gasteiger partial charge < -0.3 is 15.0 Å². The molecule has 35 heavy (non-hydrogen) atoms. The van der Waals surface area contributed by atoms with Crippen LogP contribution in [-0.4, -0.2) is 26.1 Å². The summed E-state index contributed by atoms with van der Waals surface area (Å²) in [4.78, 5) is 16.9. The van der Waals surface area contributed by atoms with E-state index in [2.05, 4.69) is 27.0 Å². The van der Waals surface area contributed by atoms with Crippen LogP contribution in [0, 0.1) is 0 Å². The van der Waals surface area contributed by atoms with Crippen molar-refractivity contribution in [2.75, 3.05) is 0 Å². The number of nitrogens with zero attached hydrogens (tertiary/aromatic N) is 2. The summed E-state index contributed by atoms with van der Waals surface area (Å²) in [5, 5.41) is 15.0. The topological polar surface area (TPSA) is 67.2 Å². The summed E-state index contributed by atoms with van der Waals surface area (Å²) in [5.74, 6) is -0.128. The molecule has 1 atom stereocenters. The maximum Gasteiger partial charge on any atom is 0.251 e. The molecule has 1 amide bonds. The Hall–Kier alpha value is -3.70. The van der Waals surface area contributed by atoms with Crippen LogP contribution in [0.2, 0.25) is 0 Å². The molecule has 0 aliphatic carbocycles. The summed E-state index contributed by atoms with van der Waals surface area (Å²) in [5.41, 5.74) is 2.88. The van der Waals surface area contributed by atoms with Gasteiger partial charge in [0.25, 0.3) is 5.91 Å². The zero-order valence-corrected chi connectivity index (χ0v) is 20.6. The first-order valence-corrected chi connectivity index (χ1v) is 12.0. The molecule has 3 aromatic carbocycles. The zero-order chi connectivity index (χ0) is 24.9. The summed E-state index contributed by atoms with van der Waals surface area (Å²) < 4.78 is 2.13. The molecule has 5 heteroatoms. The van der Waals surface area contributed by atoms with E-state index in [0.717, 1.165) is 23.4 Å². The van der Waals surface area contributed by atoms with Gasteiger partial charge in [-0.25, -0.2) is 4.98 Å². The van der Waals surface area contributed by atoms with Crippen LogP contribution in [0.15, 0.2) is 97.5 Å². The highest BCUT2D eigenvalue weighted by Crippen LogP contribution is 2.34. The fraction of sp³-hybridized carbons (Fsp3) is 0.267. The summed E-state index contributed by atoms with van der Waals surface area (Å²) in [6, 6.07) is 27.2. The van der Waals surface area contributed by atoms with Crippen molar-refractivity contribution in [1.82, 2.24) is 14.9 Å². The minimum Gasteiger partial charge on any atom is -0.380 e. The minimum absolute atomic E-state index is 0.128. The molecule has 0 aliphatic heterocycles. The second kappa shape index (κ2) is 10.3. The lowest BCUT2D eigenvalue weighted by molar-refractivity contribution is 0.0707. The fourth-order valence-corrected chi connectivity index (χ4v) is 4.27. The highest BCUT2D eigenvalue weighted by molar-refractivity contribution is 5.94. The van der Waals surface area contributed by atoms with Crippen LogP contribution in [0.1, 0.15) is 59.9 Å². The van der Waals surface area contributed by atoms with Gasteiger partial charge >= 0.3 is 0 Å². The van der Waals surface area contributed by atoms with E-state index >= 15 is 0 Å². The molecule has 0 radical (unpaired) electrons. The molecule has 5 nitrogen and oxygen atoms in total. The predicted molar refractivity (Wildman–Crippen MR) is 139 cm³/mol. The second-order valence-corrected chi connectivity index (χ2v) is 10.0. The maximum absolute atomic E-state index is 12.6. The fourth-order valence-electron chi connectivity index (χ4n) is 4.27. The van der Waals surface area contributed by atoms with Crippen LogP contribution in [0.4, 0.5) is 0 Å². The first kappa shape index (κ1) is 24.4. The number of aromatic nitrogens is 2. The summed E-state index contributed by atoms with van der Waals surface area (Å²) in [7, 11) is 0. The van der Waals surface area contributed by atoms with Crippen LogP contribution in [0.25, 0.3) is 0 Å². The van der Waals surface area contributed by atoms with Gasteiger partial charge in [0, 0.05) is 29.5 Å². The number of nitrogens with one attached hydrogen (secondary N) is 1.